The Bertz CT molecular complexity index is 1400. The third-order valence-corrected chi connectivity index (χ3v) is 6.73. The van der Waals surface area contributed by atoms with E-state index in [0.29, 0.717) is 72.7 Å². The molecular weight excluding hydrogens is 504 g/mol. The third-order valence-electron chi connectivity index (χ3n) is 6.73. The molecule has 40 heavy (non-hydrogen) atoms. The van der Waals surface area contributed by atoms with Gasteiger partial charge in [-0.25, -0.2) is 0 Å². The molecule has 0 aliphatic rings. The predicted octanol–water partition coefficient (Wildman–Crippen LogP) is 5.57. The summed E-state index contributed by atoms with van der Waals surface area (Å²) in [5.74, 6) is -0.136. The topological polar surface area (TPSA) is 109 Å². The Labute approximate surface area is 234 Å². The predicted molar refractivity (Wildman–Crippen MR) is 157 cm³/mol. The second-order valence-electron chi connectivity index (χ2n) is 9.52. The van der Waals surface area contributed by atoms with Gasteiger partial charge in [-0.2, -0.15) is 0 Å². The molecule has 4 aromatic rings. The lowest BCUT2D eigenvalue weighted by molar-refractivity contribution is 0.0968. The average molecular weight is 539 g/mol. The molecule has 2 aromatic heterocycles. The molecule has 0 amide bonds. The van der Waals surface area contributed by atoms with Crippen LogP contribution in [0.15, 0.2) is 95.4 Å². The van der Waals surface area contributed by atoms with Crippen molar-refractivity contribution in [3.63, 3.8) is 0 Å². The molecule has 0 spiro atoms. The van der Waals surface area contributed by atoms with Gasteiger partial charge in [-0.05, 0) is 50.2 Å². The van der Waals surface area contributed by atoms with Crippen molar-refractivity contribution in [1.29, 1.82) is 0 Å². The number of phenols is 2. The molecule has 0 atom stereocenters. The van der Waals surface area contributed by atoms with Crippen LogP contribution in [-0.2, 0) is 13.1 Å². The number of phenolic OH excluding ortho intramolecular Hbond substituents is 2. The molecule has 0 saturated heterocycles. The first-order chi connectivity index (χ1) is 19.3. The third kappa shape index (κ3) is 7.02. The standard InChI is InChI=1S/C32H34N4O4/c1-23(31-25(9-7-11-29(31)39)27(37)13-21-35-17-3-4-18-35)33-15-16-34-24(2)32-26(10-8-12-30(32)40)28(38)14-22-36-19-5-6-20-36/h3-12,17-20,39-40H,13-16,21-22H2,1-2H3. The van der Waals surface area contributed by atoms with Crippen LogP contribution >= 0.6 is 0 Å². The van der Waals surface area contributed by atoms with Crippen LogP contribution in [0.4, 0.5) is 0 Å². The van der Waals surface area contributed by atoms with Gasteiger partial charge < -0.3 is 19.3 Å². The maximum Gasteiger partial charge on any atom is 0.165 e. The SMILES string of the molecule is CC(=NCCN=C(C)c1c(O)cccc1C(=O)CCn1cccc1)c1c(O)cccc1C(=O)CCn1cccc1. The van der Waals surface area contributed by atoms with E-state index in [2.05, 4.69) is 9.98 Å². The van der Waals surface area contributed by atoms with Crippen LogP contribution in [0.3, 0.4) is 0 Å². The van der Waals surface area contributed by atoms with E-state index in [4.69, 9.17) is 0 Å². The molecule has 0 aliphatic carbocycles. The van der Waals surface area contributed by atoms with Crippen molar-refractivity contribution in [1.82, 2.24) is 9.13 Å². The van der Waals surface area contributed by atoms with E-state index >= 15 is 0 Å². The molecule has 206 valence electrons. The Balaban J connectivity index is 1.44. The first-order valence-corrected chi connectivity index (χ1v) is 13.3. The second kappa shape index (κ2) is 13.4. The fourth-order valence-electron chi connectivity index (χ4n) is 4.67. The normalized spacial score (nSPS) is 12.1. The van der Waals surface area contributed by atoms with E-state index in [1.54, 1.807) is 50.2 Å². The number of aromatic nitrogens is 2. The summed E-state index contributed by atoms with van der Waals surface area (Å²) < 4.78 is 3.88. The van der Waals surface area contributed by atoms with Crippen molar-refractivity contribution in [3.05, 3.63) is 108 Å². The van der Waals surface area contributed by atoms with E-state index in [1.807, 2.05) is 58.2 Å². The molecular formula is C32H34N4O4. The molecule has 0 fully saturated rings. The van der Waals surface area contributed by atoms with Crippen molar-refractivity contribution in [2.45, 2.75) is 39.8 Å². The van der Waals surface area contributed by atoms with Gasteiger partial charge in [0.25, 0.3) is 0 Å². The molecule has 0 aliphatic heterocycles. The smallest absolute Gasteiger partial charge is 0.165 e. The average Bonchev–Trinajstić information content (AvgIpc) is 3.67. The van der Waals surface area contributed by atoms with Gasteiger partial charge in [0.15, 0.2) is 11.6 Å². The Morgan fingerprint density at radius 1 is 0.625 bits per heavy atom. The van der Waals surface area contributed by atoms with Gasteiger partial charge in [-0.15, -0.1) is 0 Å². The van der Waals surface area contributed by atoms with Crippen LogP contribution in [0, 0.1) is 0 Å². The Kier molecular flexibility index (Phi) is 9.46. The van der Waals surface area contributed by atoms with Crippen LogP contribution in [0.2, 0.25) is 0 Å². The number of aryl methyl sites for hydroxylation is 2. The van der Waals surface area contributed by atoms with Gasteiger partial charge in [0, 0.05) is 84.4 Å². The van der Waals surface area contributed by atoms with Gasteiger partial charge in [0.05, 0.1) is 13.1 Å². The molecule has 0 bridgehead atoms. The fraction of sp³-hybridized carbons (Fsp3) is 0.250. The highest BCUT2D eigenvalue weighted by Crippen LogP contribution is 2.25. The van der Waals surface area contributed by atoms with Crippen LogP contribution in [0.1, 0.15) is 58.5 Å². The maximum absolute atomic E-state index is 13.0. The van der Waals surface area contributed by atoms with Crippen LogP contribution in [-0.4, -0.2) is 55.4 Å². The van der Waals surface area contributed by atoms with Crippen LogP contribution < -0.4 is 0 Å². The Morgan fingerprint density at radius 3 is 1.38 bits per heavy atom. The zero-order chi connectivity index (χ0) is 28.5. The van der Waals surface area contributed by atoms with Crippen LogP contribution in [0.5, 0.6) is 11.5 Å². The number of carbonyl (C=O) groups excluding carboxylic acids is 2. The quantitative estimate of drug-likeness (QED) is 0.132. The lowest BCUT2D eigenvalue weighted by atomic mass is 9.97. The van der Waals surface area contributed by atoms with Gasteiger partial charge in [0.2, 0.25) is 0 Å². The van der Waals surface area contributed by atoms with Crippen molar-refractivity contribution in [3.8, 4) is 11.5 Å². The number of ketones is 2. The molecule has 2 aromatic carbocycles. The summed E-state index contributed by atoms with van der Waals surface area (Å²) >= 11 is 0. The molecule has 0 radical (unpaired) electrons. The highest BCUT2D eigenvalue weighted by molar-refractivity contribution is 6.12. The van der Waals surface area contributed by atoms with E-state index in [9.17, 15) is 19.8 Å². The minimum atomic E-state index is -0.0726. The summed E-state index contributed by atoms with van der Waals surface area (Å²) in [7, 11) is 0. The van der Waals surface area contributed by atoms with Gasteiger partial charge >= 0.3 is 0 Å². The summed E-state index contributed by atoms with van der Waals surface area (Å²) in [5.41, 5.74) is 2.81. The lowest BCUT2D eigenvalue weighted by Gasteiger charge is -2.12. The summed E-state index contributed by atoms with van der Waals surface area (Å²) in [6.45, 7) is 5.23. The number of aromatic hydroxyl groups is 2. The molecule has 8 nitrogen and oxygen atoms in total. The zero-order valence-electron chi connectivity index (χ0n) is 22.8. The summed E-state index contributed by atoms with van der Waals surface area (Å²) in [6, 6.07) is 17.5. The number of hydrogen-bond acceptors (Lipinski definition) is 6. The van der Waals surface area contributed by atoms with E-state index in [0.717, 1.165) is 0 Å². The summed E-state index contributed by atoms with van der Waals surface area (Å²) in [5, 5.41) is 21.1. The Hall–Kier alpha value is -4.72. The number of hydrogen-bond donors (Lipinski definition) is 2. The van der Waals surface area contributed by atoms with E-state index in [1.165, 1.54) is 0 Å². The zero-order valence-corrected chi connectivity index (χ0v) is 22.8. The van der Waals surface area contributed by atoms with Gasteiger partial charge in [0.1, 0.15) is 11.5 Å². The first-order valence-electron chi connectivity index (χ1n) is 13.3. The largest absolute Gasteiger partial charge is 0.507 e. The number of benzene rings is 2. The highest BCUT2D eigenvalue weighted by atomic mass is 16.3. The minimum Gasteiger partial charge on any atom is -0.507 e. The lowest BCUT2D eigenvalue weighted by Crippen LogP contribution is -2.12. The monoisotopic (exact) mass is 538 g/mol. The molecule has 0 saturated carbocycles. The Morgan fingerprint density at radius 2 is 1.00 bits per heavy atom. The summed E-state index contributed by atoms with van der Waals surface area (Å²) in [4.78, 5) is 35.1. The molecule has 2 heterocycles. The number of carbonyl (C=O) groups is 2. The number of Topliss-reactive ketones (excluding diaryl/α,β-unsaturated/α-hetero) is 2. The van der Waals surface area contributed by atoms with E-state index < -0.39 is 0 Å². The van der Waals surface area contributed by atoms with Gasteiger partial charge in [-0.1, -0.05) is 24.3 Å². The number of aliphatic imine (C=N–C) groups is 2. The second-order valence-corrected chi connectivity index (χ2v) is 9.52. The van der Waals surface area contributed by atoms with Crippen molar-refractivity contribution in [2.24, 2.45) is 9.98 Å². The van der Waals surface area contributed by atoms with Crippen molar-refractivity contribution in [2.75, 3.05) is 13.1 Å². The molecule has 8 heteroatoms. The molecule has 4 rings (SSSR count). The van der Waals surface area contributed by atoms with Crippen molar-refractivity contribution < 1.29 is 19.8 Å². The fourth-order valence-corrected chi connectivity index (χ4v) is 4.67. The highest BCUT2D eigenvalue weighted by Gasteiger charge is 2.18. The van der Waals surface area contributed by atoms with Crippen molar-refractivity contribution >= 4 is 23.0 Å². The molecule has 2 N–H and O–H groups in total. The summed E-state index contributed by atoms with van der Waals surface area (Å²) in [6.07, 6.45) is 8.23. The minimum absolute atomic E-state index is 0.00465. The molecule has 0 unspecified atom stereocenters. The first kappa shape index (κ1) is 28.3. The number of nitrogens with zero attached hydrogens (tertiary/aromatic N) is 4. The number of rotatable bonds is 13. The maximum atomic E-state index is 13.0. The van der Waals surface area contributed by atoms with Gasteiger partial charge in [-0.3, -0.25) is 19.6 Å². The van der Waals surface area contributed by atoms with Crippen LogP contribution in [0.25, 0.3) is 0 Å². The van der Waals surface area contributed by atoms with E-state index in [-0.39, 0.29) is 23.1 Å².